The molecule has 1 aliphatic heterocycles. The van der Waals surface area contributed by atoms with Crippen LogP contribution >= 0.6 is 11.6 Å². The fourth-order valence-corrected chi connectivity index (χ4v) is 4.08. The molecule has 0 aliphatic carbocycles. The van der Waals surface area contributed by atoms with E-state index in [-0.39, 0.29) is 11.3 Å². The summed E-state index contributed by atoms with van der Waals surface area (Å²) >= 11 is 6.11. The van der Waals surface area contributed by atoms with E-state index in [0.29, 0.717) is 39.9 Å². The summed E-state index contributed by atoms with van der Waals surface area (Å²) in [6.45, 7) is 2.39. The van der Waals surface area contributed by atoms with Crippen LogP contribution in [0, 0.1) is 0 Å². The molecule has 33 heavy (non-hydrogen) atoms. The molecule has 7 heteroatoms. The molecule has 0 bridgehead atoms. The van der Waals surface area contributed by atoms with Crippen LogP contribution in [0.25, 0.3) is 5.76 Å². The maximum atomic E-state index is 13.2. The first-order valence-electron chi connectivity index (χ1n) is 10.4. The number of ether oxygens (including phenoxy) is 2. The number of Topliss-reactive ketones (excluding diaryl/α,β-unsaturated/α-hetero) is 1. The summed E-state index contributed by atoms with van der Waals surface area (Å²) < 4.78 is 10.7. The first kappa shape index (κ1) is 22.4. The van der Waals surface area contributed by atoms with Gasteiger partial charge in [0.15, 0.2) is 0 Å². The second-order valence-corrected chi connectivity index (χ2v) is 7.76. The summed E-state index contributed by atoms with van der Waals surface area (Å²) in [5.41, 5.74) is 1.52. The van der Waals surface area contributed by atoms with Gasteiger partial charge in [0.2, 0.25) is 0 Å². The number of carbonyl (C=O) groups excluding carboxylic acids is 2. The van der Waals surface area contributed by atoms with Gasteiger partial charge in [-0.05, 0) is 55.0 Å². The molecule has 1 unspecified atom stereocenters. The number of benzene rings is 3. The van der Waals surface area contributed by atoms with E-state index < -0.39 is 17.7 Å². The molecule has 1 amide bonds. The van der Waals surface area contributed by atoms with Gasteiger partial charge in [-0.25, -0.2) is 0 Å². The van der Waals surface area contributed by atoms with Gasteiger partial charge in [0.1, 0.15) is 17.3 Å². The molecule has 0 saturated carbocycles. The fraction of sp³-hybridized carbons (Fsp3) is 0.154. The minimum atomic E-state index is -0.814. The van der Waals surface area contributed by atoms with Gasteiger partial charge in [0.25, 0.3) is 11.7 Å². The zero-order chi connectivity index (χ0) is 23.5. The summed E-state index contributed by atoms with van der Waals surface area (Å²) in [5, 5.41) is 11.6. The van der Waals surface area contributed by atoms with E-state index in [1.54, 1.807) is 36.4 Å². The van der Waals surface area contributed by atoms with Gasteiger partial charge in [0.05, 0.1) is 30.4 Å². The van der Waals surface area contributed by atoms with Gasteiger partial charge in [-0.2, -0.15) is 0 Å². The van der Waals surface area contributed by atoms with Crippen molar-refractivity contribution in [2.75, 3.05) is 18.6 Å². The van der Waals surface area contributed by atoms with E-state index in [9.17, 15) is 14.7 Å². The minimum Gasteiger partial charge on any atom is -0.507 e. The van der Waals surface area contributed by atoms with Gasteiger partial charge >= 0.3 is 0 Å². The van der Waals surface area contributed by atoms with Crippen LogP contribution in [-0.2, 0) is 9.59 Å². The lowest BCUT2D eigenvalue weighted by molar-refractivity contribution is -0.132. The third-order valence-corrected chi connectivity index (χ3v) is 5.72. The quantitative estimate of drug-likeness (QED) is 0.302. The third-order valence-electron chi connectivity index (χ3n) is 5.41. The first-order chi connectivity index (χ1) is 16.0. The molecular formula is C26H22ClNO5. The van der Waals surface area contributed by atoms with Gasteiger partial charge in [0, 0.05) is 11.3 Å². The highest BCUT2D eigenvalue weighted by Crippen LogP contribution is 2.43. The molecule has 6 nitrogen and oxygen atoms in total. The highest BCUT2D eigenvalue weighted by Gasteiger charge is 2.46. The van der Waals surface area contributed by atoms with Crippen molar-refractivity contribution in [2.45, 2.75) is 13.0 Å². The van der Waals surface area contributed by atoms with Crippen molar-refractivity contribution in [3.8, 4) is 11.5 Å². The van der Waals surface area contributed by atoms with Crippen molar-refractivity contribution in [1.82, 2.24) is 0 Å². The number of ketones is 1. The van der Waals surface area contributed by atoms with Crippen molar-refractivity contribution >= 4 is 34.7 Å². The molecule has 3 aromatic carbocycles. The second-order valence-electron chi connectivity index (χ2n) is 7.36. The van der Waals surface area contributed by atoms with Crippen LogP contribution in [0.5, 0.6) is 11.5 Å². The van der Waals surface area contributed by atoms with Crippen LogP contribution < -0.4 is 14.4 Å². The Labute approximate surface area is 196 Å². The molecule has 1 saturated heterocycles. The van der Waals surface area contributed by atoms with E-state index >= 15 is 0 Å². The zero-order valence-electron chi connectivity index (χ0n) is 18.1. The topological polar surface area (TPSA) is 76.1 Å². The Morgan fingerprint density at radius 3 is 2.36 bits per heavy atom. The predicted octanol–water partition coefficient (Wildman–Crippen LogP) is 5.37. The van der Waals surface area contributed by atoms with Crippen LogP contribution in [0.15, 0.2) is 78.4 Å². The number of halogens is 1. The SMILES string of the molecule is CCOc1ccc(N2C(=O)C(=O)/C(=C(\O)c3ccc(Cl)c(OC)c3)C2c2ccccc2)cc1. The molecule has 1 heterocycles. The number of methoxy groups -OCH3 is 1. The van der Waals surface area contributed by atoms with Crippen molar-refractivity contribution in [3.05, 3.63) is 94.5 Å². The first-order valence-corrected chi connectivity index (χ1v) is 10.8. The minimum absolute atomic E-state index is 0.00976. The molecule has 0 aromatic heterocycles. The lowest BCUT2D eigenvalue weighted by Gasteiger charge is -2.25. The Kier molecular flexibility index (Phi) is 6.38. The molecule has 1 fully saturated rings. The second kappa shape index (κ2) is 9.38. The van der Waals surface area contributed by atoms with Crippen LogP contribution in [0.3, 0.4) is 0 Å². The number of rotatable bonds is 6. The van der Waals surface area contributed by atoms with Gasteiger partial charge in [-0.3, -0.25) is 14.5 Å². The lowest BCUT2D eigenvalue weighted by atomic mass is 9.95. The smallest absolute Gasteiger partial charge is 0.300 e. The van der Waals surface area contributed by atoms with Crippen LogP contribution in [0.2, 0.25) is 5.02 Å². The van der Waals surface area contributed by atoms with E-state index in [4.69, 9.17) is 21.1 Å². The normalized spacial score (nSPS) is 17.3. The predicted molar refractivity (Wildman–Crippen MR) is 127 cm³/mol. The highest BCUT2D eigenvalue weighted by molar-refractivity contribution is 6.51. The molecule has 1 N–H and O–H groups in total. The Hall–Kier alpha value is -3.77. The van der Waals surface area contributed by atoms with Crippen LogP contribution in [0.1, 0.15) is 24.1 Å². The maximum Gasteiger partial charge on any atom is 0.300 e. The van der Waals surface area contributed by atoms with Gasteiger partial charge in [-0.15, -0.1) is 0 Å². The van der Waals surface area contributed by atoms with E-state index in [1.165, 1.54) is 18.1 Å². The lowest BCUT2D eigenvalue weighted by Crippen LogP contribution is -2.29. The van der Waals surface area contributed by atoms with Crippen LogP contribution in [0.4, 0.5) is 5.69 Å². The van der Waals surface area contributed by atoms with Crippen molar-refractivity contribution in [3.63, 3.8) is 0 Å². The van der Waals surface area contributed by atoms with Crippen LogP contribution in [-0.4, -0.2) is 30.5 Å². The van der Waals surface area contributed by atoms with Gasteiger partial charge in [-0.1, -0.05) is 41.9 Å². The molecule has 0 spiro atoms. The zero-order valence-corrected chi connectivity index (χ0v) is 18.9. The Bertz CT molecular complexity index is 1220. The number of carbonyl (C=O) groups is 2. The van der Waals surface area contributed by atoms with E-state index in [1.807, 2.05) is 37.3 Å². The number of hydrogen-bond acceptors (Lipinski definition) is 5. The molecule has 1 aliphatic rings. The Morgan fingerprint density at radius 1 is 1.03 bits per heavy atom. The van der Waals surface area contributed by atoms with Crippen molar-refractivity contribution in [1.29, 1.82) is 0 Å². The number of amides is 1. The number of aliphatic hydroxyl groups excluding tert-OH is 1. The fourth-order valence-electron chi connectivity index (χ4n) is 3.88. The standard InChI is InChI=1S/C26H22ClNO5/c1-3-33-19-12-10-18(11-13-19)28-23(16-7-5-4-6-8-16)22(25(30)26(28)31)24(29)17-9-14-20(27)21(15-17)32-2/h4-15,23,29H,3H2,1-2H3/b24-22-. The molecule has 1 atom stereocenters. The van der Waals surface area contributed by atoms with E-state index in [0.717, 1.165) is 0 Å². The largest absolute Gasteiger partial charge is 0.507 e. The summed E-state index contributed by atoms with van der Waals surface area (Å²) in [6, 6.07) is 19.9. The van der Waals surface area contributed by atoms with E-state index in [2.05, 4.69) is 0 Å². The average Bonchev–Trinajstić information content (AvgIpc) is 3.10. The Balaban J connectivity index is 1.88. The summed E-state index contributed by atoms with van der Waals surface area (Å²) in [4.78, 5) is 27.8. The van der Waals surface area contributed by atoms with Crippen molar-refractivity contribution in [2.24, 2.45) is 0 Å². The number of hydrogen-bond donors (Lipinski definition) is 1. The number of nitrogens with zero attached hydrogens (tertiary/aromatic N) is 1. The molecule has 0 radical (unpaired) electrons. The monoisotopic (exact) mass is 463 g/mol. The average molecular weight is 464 g/mol. The summed E-state index contributed by atoms with van der Waals surface area (Å²) in [6.07, 6.45) is 0. The molecule has 4 rings (SSSR count). The van der Waals surface area contributed by atoms with Gasteiger partial charge < -0.3 is 14.6 Å². The molecule has 3 aromatic rings. The Morgan fingerprint density at radius 2 is 1.73 bits per heavy atom. The third kappa shape index (κ3) is 4.17. The highest BCUT2D eigenvalue weighted by atomic mass is 35.5. The molecule has 168 valence electrons. The molecular weight excluding hydrogens is 442 g/mol. The maximum absolute atomic E-state index is 13.2. The van der Waals surface area contributed by atoms with Crippen molar-refractivity contribution < 1.29 is 24.2 Å². The summed E-state index contributed by atoms with van der Waals surface area (Å²) in [5.74, 6) is -0.801. The number of aliphatic hydroxyl groups is 1. The summed E-state index contributed by atoms with van der Waals surface area (Å²) in [7, 11) is 1.46. The number of anilines is 1.